The molecule has 2 unspecified atom stereocenters. The molecule has 0 aliphatic rings. The highest BCUT2D eigenvalue weighted by atomic mass is 31.2. The molecule has 0 rings (SSSR count). The maximum atomic E-state index is 13.1. The number of rotatable bonds is 76. The number of carbonyl (C=O) groups excluding carboxylic acids is 4. The van der Waals surface area contributed by atoms with Crippen molar-refractivity contribution in [1.29, 1.82) is 0 Å². The molecular weight excluding hydrogens is 1280 g/mol. The average molecular weight is 1440 g/mol. The van der Waals surface area contributed by atoms with E-state index in [9.17, 15) is 43.2 Å². The summed E-state index contributed by atoms with van der Waals surface area (Å²) in [7, 11) is -9.92. The standard InChI is InChI=1S/C79H154O17P2/c1-69(2)55-47-39-31-23-16-11-9-13-19-27-35-43-51-59-76(81)89-65-74(95-78(83)61-53-45-37-28-20-14-10-12-17-24-32-40-48-56-70(3)4)67-93-97(85,86)91-63-73(80)64-92-98(87,88)94-68-75(66-90-77(82)60-52-44-36-30-22-26-34-42-50-58-72(7)8)96-79(84)62-54-46-38-29-21-15-18-25-33-41-49-57-71(5)6/h69-75,80H,9-68H2,1-8H3,(H,85,86)(H,87,88)/t73-,74-,75-/m1/s1. The van der Waals surface area contributed by atoms with E-state index in [4.69, 9.17) is 37.0 Å². The molecule has 0 saturated heterocycles. The average Bonchev–Trinajstić information content (AvgIpc) is 1.01. The minimum absolute atomic E-state index is 0.106. The highest BCUT2D eigenvalue weighted by molar-refractivity contribution is 7.47. The Hall–Kier alpha value is -1.94. The zero-order chi connectivity index (χ0) is 72.4. The number of ether oxygens (including phenoxy) is 4. The number of phosphoric acid groups is 2. The fourth-order valence-electron chi connectivity index (χ4n) is 12.1. The first-order valence-electron chi connectivity index (χ1n) is 40.7. The quantitative estimate of drug-likeness (QED) is 0.0222. The molecule has 5 atom stereocenters. The van der Waals surface area contributed by atoms with E-state index in [1.54, 1.807) is 0 Å². The normalized spacial score (nSPS) is 14.1. The first-order chi connectivity index (χ1) is 47.1. The number of hydrogen-bond acceptors (Lipinski definition) is 15. The molecule has 19 heteroatoms. The van der Waals surface area contributed by atoms with Crippen LogP contribution in [0.1, 0.15) is 402 Å². The summed E-state index contributed by atoms with van der Waals surface area (Å²) in [6.07, 6.45) is 54.0. The van der Waals surface area contributed by atoms with Gasteiger partial charge in [-0.3, -0.25) is 37.3 Å². The van der Waals surface area contributed by atoms with E-state index >= 15 is 0 Å². The van der Waals surface area contributed by atoms with Gasteiger partial charge in [0.25, 0.3) is 0 Å². The van der Waals surface area contributed by atoms with Gasteiger partial charge in [0.2, 0.25) is 0 Å². The molecule has 0 radical (unpaired) electrons. The van der Waals surface area contributed by atoms with Crippen LogP contribution in [-0.2, 0) is 65.4 Å². The van der Waals surface area contributed by atoms with Crippen molar-refractivity contribution in [2.24, 2.45) is 23.7 Å². The van der Waals surface area contributed by atoms with Crippen LogP contribution in [0.2, 0.25) is 0 Å². The van der Waals surface area contributed by atoms with E-state index in [1.807, 2.05) is 0 Å². The highest BCUT2D eigenvalue weighted by Crippen LogP contribution is 2.45. The van der Waals surface area contributed by atoms with Crippen LogP contribution in [0.5, 0.6) is 0 Å². The Labute approximate surface area is 600 Å². The molecule has 0 aromatic rings. The van der Waals surface area contributed by atoms with Gasteiger partial charge in [-0.2, -0.15) is 0 Å². The SMILES string of the molecule is CC(C)CCCCCCCCCCCCCCCC(=O)OC[C@H](COP(=O)(O)OC[C@@H](O)COP(=O)(O)OC[C@@H](COC(=O)CCCCCCCCCCCC(C)C)OC(=O)CCCCCCCCCCCCCC(C)C)OC(=O)CCCCCCCCCCCCCCCC(C)C. The van der Waals surface area contributed by atoms with Gasteiger partial charge < -0.3 is 33.8 Å². The lowest BCUT2D eigenvalue weighted by Crippen LogP contribution is -2.30. The predicted octanol–water partition coefficient (Wildman–Crippen LogP) is 23.2. The van der Waals surface area contributed by atoms with Gasteiger partial charge in [-0.1, -0.05) is 351 Å². The molecule has 17 nitrogen and oxygen atoms in total. The Balaban J connectivity index is 5.27. The first kappa shape index (κ1) is 96.1. The van der Waals surface area contributed by atoms with Crippen molar-refractivity contribution in [3.63, 3.8) is 0 Å². The van der Waals surface area contributed by atoms with E-state index < -0.39 is 97.5 Å². The molecule has 0 aromatic heterocycles. The Morgan fingerprint density at radius 3 is 0.633 bits per heavy atom. The van der Waals surface area contributed by atoms with Crippen molar-refractivity contribution >= 4 is 39.5 Å². The maximum Gasteiger partial charge on any atom is 0.472 e. The summed E-state index contributed by atoms with van der Waals surface area (Å²) in [5, 5.41) is 10.6. The molecule has 0 aromatic carbocycles. The summed E-state index contributed by atoms with van der Waals surface area (Å²) >= 11 is 0. The molecule has 0 heterocycles. The Kier molecular flexibility index (Phi) is 66.8. The number of aliphatic hydroxyl groups excluding tert-OH is 1. The maximum absolute atomic E-state index is 13.1. The van der Waals surface area contributed by atoms with Crippen LogP contribution in [0.3, 0.4) is 0 Å². The third-order valence-electron chi connectivity index (χ3n) is 18.3. The molecule has 0 saturated carbocycles. The Morgan fingerprint density at radius 2 is 0.429 bits per heavy atom. The van der Waals surface area contributed by atoms with E-state index in [0.29, 0.717) is 25.7 Å². The van der Waals surface area contributed by atoms with Crippen molar-refractivity contribution in [3.05, 3.63) is 0 Å². The lowest BCUT2D eigenvalue weighted by Gasteiger charge is -2.21. The number of unbranched alkanes of at least 4 members (excludes halogenated alkanes) is 42. The van der Waals surface area contributed by atoms with E-state index in [1.165, 1.54) is 205 Å². The molecular formula is C79H154O17P2. The van der Waals surface area contributed by atoms with Gasteiger partial charge in [0.15, 0.2) is 12.2 Å². The molecule has 3 N–H and O–H groups in total. The Bertz CT molecular complexity index is 1920. The van der Waals surface area contributed by atoms with E-state index in [2.05, 4.69) is 55.4 Å². The number of carbonyl (C=O) groups is 4. The van der Waals surface area contributed by atoms with Gasteiger partial charge in [-0.15, -0.1) is 0 Å². The smallest absolute Gasteiger partial charge is 0.462 e. The number of phosphoric ester groups is 2. The van der Waals surface area contributed by atoms with Crippen LogP contribution < -0.4 is 0 Å². The topological polar surface area (TPSA) is 237 Å². The molecule has 0 aliphatic carbocycles. The molecule has 98 heavy (non-hydrogen) atoms. The molecule has 582 valence electrons. The van der Waals surface area contributed by atoms with E-state index in [-0.39, 0.29) is 25.7 Å². The van der Waals surface area contributed by atoms with Gasteiger partial charge >= 0.3 is 39.5 Å². The Morgan fingerprint density at radius 1 is 0.255 bits per heavy atom. The van der Waals surface area contributed by atoms with Crippen LogP contribution >= 0.6 is 15.6 Å². The largest absolute Gasteiger partial charge is 0.472 e. The first-order valence-corrected chi connectivity index (χ1v) is 43.7. The fraction of sp³-hybridized carbons (Fsp3) is 0.949. The van der Waals surface area contributed by atoms with Crippen molar-refractivity contribution in [2.75, 3.05) is 39.6 Å². The fourth-order valence-corrected chi connectivity index (χ4v) is 13.7. The van der Waals surface area contributed by atoms with Gasteiger partial charge in [0, 0.05) is 25.7 Å². The van der Waals surface area contributed by atoms with Crippen molar-refractivity contribution in [3.8, 4) is 0 Å². The number of hydrogen-bond donors (Lipinski definition) is 3. The molecule has 0 aliphatic heterocycles. The van der Waals surface area contributed by atoms with Gasteiger partial charge in [-0.25, -0.2) is 9.13 Å². The van der Waals surface area contributed by atoms with E-state index in [0.717, 1.165) is 114 Å². The van der Waals surface area contributed by atoms with Crippen LogP contribution in [0, 0.1) is 23.7 Å². The summed E-state index contributed by atoms with van der Waals surface area (Å²) in [6, 6.07) is 0. The summed E-state index contributed by atoms with van der Waals surface area (Å²) in [4.78, 5) is 73.0. The zero-order valence-corrected chi connectivity index (χ0v) is 66.2. The minimum Gasteiger partial charge on any atom is -0.462 e. The van der Waals surface area contributed by atoms with Crippen LogP contribution in [0.25, 0.3) is 0 Å². The molecule has 0 amide bonds. The molecule has 0 spiro atoms. The second kappa shape index (κ2) is 68.2. The third kappa shape index (κ3) is 72.4. The molecule has 0 fully saturated rings. The summed E-state index contributed by atoms with van der Waals surface area (Å²) in [5.74, 6) is 0.971. The van der Waals surface area contributed by atoms with Crippen molar-refractivity contribution in [1.82, 2.24) is 0 Å². The summed E-state index contributed by atoms with van der Waals surface area (Å²) in [6.45, 7) is 14.2. The summed E-state index contributed by atoms with van der Waals surface area (Å²) in [5.41, 5.74) is 0. The van der Waals surface area contributed by atoms with Crippen molar-refractivity contribution < 1.29 is 80.2 Å². The van der Waals surface area contributed by atoms with Gasteiger partial charge in [-0.05, 0) is 49.4 Å². The van der Waals surface area contributed by atoms with Crippen LogP contribution in [0.4, 0.5) is 0 Å². The second-order valence-corrected chi connectivity index (χ2v) is 33.3. The van der Waals surface area contributed by atoms with Crippen LogP contribution in [-0.4, -0.2) is 96.7 Å². The summed E-state index contributed by atoms with van der Waals surface area (Å²) < 4.78 is 68.7. The lowest BCUT2D eigenvalue weighted by atomic mass is 10.0. The second-order valence-electron chi connectivity index (χ2n) is 30.4. The lowest BCUT2D eigenvalue weighted by molar-refractivity contribution is -0.161. The monoisotopic (exact) mass is 1440 g/mol. The number of esters is 4. The number of aliphatic hydroxyl groups is 1. The van der Waals surface area contributed by atoms with Crippen molar-refractivity contribution in [2.45, 2.75) is 420 Å². The van der Waals surface area contributed by atoms with Gasteiger partial charge in [0.05, 0.1) is 26.4 Å². The molecule has 0 bridgehead atoms. The van der Waals surface area contributed by atoms with Gasteiger partial charge in [0.1, 0.15) is 19.3 Å². The highest BCUT2D eigenvalue weighted by Gasteiger charge is 2.30. The minimum atomic E-state index is -4.96. The predicted molar refractivity (Wildman–Crippen MR) is 400 cm³/mol. The third-order valence-corrected chi connectivity index (χ3v) is 20.2. The van der Waals surface area contributed by atoms with Crippen LogP contribution in [0.15, 0.2) is 0 Å². The zero-order valence-electron chi connectivity index (χ0n) is 64.4.